The molecule has 0 aliphatic rings. The molecule has 0 saturated carbocycles. The smallest absolute Gasteiger partial charge is 0.348 e. The zero-order valence-electron chi connectivity index (χ0n) is 12.4. The van der Waals surface area contributed by atoms with Crippen LogP contribution in [0.25, 0.3) is 10.1 Å². The molecule has 0 aliphatic carbocycles. The lowest BCUT2D eigenvalue weighted by Crippen LogP contribution is -2.02. The van der Waals surface area contributed by atoms with Crippen molar-refractivity contribution in [3.05, 3.63) is 27.1 Å². The van der Waals surface area contributed by atoms with Gasteiger partial charge < -0.3 is 14.2 Å². The van der Waals surface area contributed by atoms with E-state index in [0.717, 1.165) is 11.3 Å². The van der Waals surface area contributed by atoms with Crippen LogP contribution in [0.4, 0.5) is 5.69 Å². The molecule has 0 N–H and O–H groups in total. The van der Waals surface area contributed by atoms with Crippen molar-refractivity contribution in [3.63, 3.8) is 0 Å². The topological polar surface area (TPSA) is 87.9 Å². The minimum atomic E-state index is -0.525. The summed E-state index contributed by atoms with van der Waals surface area (Å²) in [6, 6.07) is 2.93. The van der Waals surface area contributed by atoms with Crippen molar-refractivity contribution in [2.75, 3.05) is 20.3 Å². The number of benzene rings is 1. The maximum Gasteiger partial charge on any atom is 0.348 e. The fourth-order valence-electron chi connectivity index (χ4n) is 2.02. The maximum atomic E-state index is 11.7. The number of methoxy groups -OCH3 is 1. The Kier molecular flexibility index (Phi) is 4.81. The van der Waals surface area contributed by atoms with Crippen molar-refractivity contribution < 1.29 is 23.9 Å². The van der Waals surface area contributed by atoms with Crippen LogP contribution < -0.4 is 9.47 Å². The third-order valence-corrected chi connectivity index (χ3v) is 3.99. The van der Waals surface area contributed by atoms with Gasteiger partial charge in [-0.3, -0.25) is 10.1 Å². The predicted octanol–water partition coefficient (Wildman–Crippen LogP) is 3.39. The molecule has 1 aromatic carbocycles. The SMILES string of the molecule is CCOc1c([N+](=O)[O-])cc2cc(C(=O)OC)sc2c1OCC. The molecule has 22 heavy (non-hydrogen) atoms. The number of ether oxygens (including phenoxy) is 3. The lowest BCUT2D eigenvalue weighted by atomic mass is 10.2. The first-order valence-electron chi connectivity index (χ1n) is 6.62. The van der Waals surface area contributed by atoms with Gasteiger partial charge in [0.1, 0.15) is 4.88 Å². The quantitative estimate of drug-likeness (QED) is 0.459. The van der Waals surface area contributed by atoms with E-state index in [9.17, 15) is 14.9 Å². The summed E-state index contributed by atoms with van der Waals surface area (Å²) in [7, 11) is 1.28. The Morgan fingerprint density at radius 3 is 2.41 bits per heavy atom. The summed E-state index contributed by atoms with van der Waals surface area (Å²) >= 11 is 1.15. The lowest BCUT2D eigenvalue weighted by Gasteiger charge is -2.11. The number of carbonyl (C=O) groups excluding carboxylic acids is 1. The fraction of sp³-hybridized carbons (Fsp3) is 0.357. The zero-order chi connectivity index (χ0) is 16.3. The summed E-state index contributed by atoms with van der Waals surface area (Å²) in [5.74, 6) is -0.127. The molecule has 8 heteroatoms. The second kappa shape index (κ2) is 6.61. The Morgan fingerprint density at radius 1 is 1.23 bits per heavy atom. The predicted molar refractivity (Wildman–Crippen MR) is 82.2 cm³/mol. The molecule has 0 radical (unpaired) electrons. The van der Waals surface area contributed by atoms with Gasteiger partial charge in [-0.15, -0.1) is 11.3 Å². The monoisotopic (exact) mass is 325 g/mol. The Hall–Kier alpha value is -2.35. The first kappa shape index (κ1) is 16.0. The van der Waals surface area contributed by atoms with Crippen molar-refractivity contribution in [1.82, 2.24) is 0 Å². The molecule has 0 atom stereocenters. The number of esters is 1. The number of fused-ring (bicyclic) bond motifs is 1. The summed E-state index contributed by atoms with van der Waals surface area (Å²) in [6.07, 6.45) is 0. The van der Waals surface area contributed by atoms with Crippen molar-refractivity contribution in [3.8, 4) is 11.5 Å². The van der Waals surface area contributed by atoms with Crippen LogP contribution in [0.5, 0.6) is 11.5 Å². The molecule has 0 saturated heterocycles. The summed E-state index contributed by atoms with van der Waals surface area (Å²) in [6.45, 7) is 4.09. The normalized spacial score (nSPS) is 10.5. The van der Waals surface area contributed by atoms with Gasteiger partial charge >= 0.3 is 11.7 Å². The van der Waals surface area contributed by atoms with E-state index in [2.05, 4.69) is 4.74 Å². The number of hydrogen-bond acceptors (Lipinski definition) is 7. The largest absolute Gasteiger partial charge is 0.488 e. The van der Waals surface area contributed by atoms with E-state index >= 15 is 0 Å². The second-order valence-electron chi connectivity index (χ2n) is 4.20. The zero-order valence-corrected chi connectivity index (χ0v) is 13.2. The highest BCUT2D eigenvalue weighted by molar-refractivity contribution is 7.21. The van der Waals surface area contributed by atoms with Gasteiger partial charge in [0.25, 0.3) is 0 Å². The Morgan fingerprint density at radius 2 is 1.86 bits per heavy atom. The van der Waals surface area contributed by atoms with Crippen LogP contribution in [0, 0.1) is 10.1 Å². The molecule has 1 heterocycles. The highest BCUT2D eigenvalue weighted by atomic mass is 32.1. The van der Waals surface area contributed by atoms with E-state index in [-0.39, 0.29) is 23.8 Å². The molecule has 0 fully saturated rings. The second-order valence-corrected chi connectivity index (χ2v) is 5.25. The molecule has 0 bridgehead atoms. The number of thiophene rings is 1. The molecule has 7 nitrogen and oxygen atoms in total. The number of nitro groups is 1. The number of carbonyl (C=O) groups is 1. The van der Waals surface area contributed by atoms with Crippen molar-refractivity contribution in [1.29, 1.82) is 0 Å². The summed E-state index contributed by atoms with van der Waals surface area (Å²) in [5, 5.41) is 11.8. The van der Waals surface area contributed by atoms with Gasteiger partial charge in [0.05, 0.1) is 29.9 Å². The van der Waals surface area contributed by atoms with Crippen LogP contribution in [-0.4, -0.2) is 31.2 Å². The average Bonchev–Trinajstić information content (AvgIpc) is 2.92. The van der Waals surface area contributed by atoms with Crippen molar-refractivity contribution in [2.45, 2.75) is 13.8 Å². The first-order chi connectivity index (χ1) is 10.5. The van der Waals surface area contributed by atoms with Crippen LogP contribution in [0.2, 0.25) is 0 Å². The van der Waals surface area contributed by atoms with Crippen LogP contribution in [-0.2, 0) is 4.74 Å². The minimum Gasteiger partial charge on any atom is -0.488 e. The van der Waals surface area contributed by atoms with E-state index in [1.54, 1.807) is 19.9 Å². The summed E-state index contributed by atoms with van der Waals surface area (Å²) in [5.41, 5.74) is -0.188. The molecule has 0 unspecified atom stereocenters. The highest BCUT2D eigenvalue weighted by Gasteiger charge is 2.26. The molecule has 0 amide bonds. The molecule has 2 rings (SSSR count). The number of rotatable bonds is 6. The van der Waals surface area contributed by atoms with E-state index in [1.165, 1.54) is 13.2 Å². The molecular formula is C14H15NO6S. The van der Waals surface area contributed by atoms with Crippen molar-refractivity contribution in [2.24, 2.45) is 0 Å². The van der Waals surface area contributed by atoms with Gasteiger partial charge in [-0.2, -0.15) is 0 Å². The molecule has 118 valence electrons. The van der Waals surface area contributed by atoms with Crippen LogP contribution in [0.1, 0.15) is 23.5 Å². The Balaban J connectivity index is 2.76. The minimum absolute atomic E-state index is 0.0834. The summed E-state index contributed by atoms with van der Waals surface area (Å²) in [4.78, 5) is 22.8. The standard InChI is InChI=1S/C14H15NO6S/c1-4-20-11-9(15(17)18)6-8-7-10(14(16)19-3)22-13(8)12(11)21-5-2/h6-7H,4-5H2,1-3H3. The van der Waals surface area contributed by atoms with E-state index in [0.29, 0.717) is 21.6 Å². The Bertz CT molecular complexity index is 724. The molecular weight excluding hydrogens is 310 g/mol. The third kappa shape index (κ3) is 2.82. The third-order valence-electron chi connectivity index (χ3n) is 2.86. The number of hydrogen-bond donors (Lipinski definition) is 0. The van der Waals surface area contributed by atoms with Crippen LogP contribution >= 0.6 is 11.3 Å². The van der Waals surface area contributed by atoms with Crippen LogP contribution in [0.15, 0.2) is 12.1 Å². The van der Waals surface area contributed by atoms with Gasteiger partial charge in [0.2, 0.25) is 5.75 Å². The molecule has 2 aromatic rings. The van der Waals surface area contributed by atoms with E-state index in [1.807, 2.05) is 0 Å². The van der Waals surface area contributed by atoms with Crippen molar-refractivity contribution >= 4 is 33.1 Å². The van der Waals surface area contributed by atoms with Gasteiger partial charge in [-0.25, -0.2) is 4.79 Å². The molecule has 0 aliphatic heterocycles. The average molecular weight is 325 g/mol. The van der Waals surface area contributed by atoms with Gasteiger partial charge in [0.15, 0.2) is 5.75 Å². The first-order valence-corrected chi connectivity index (χ1v) is 7.43. The van der Waals surface area contributed by atoms with Gasteiger partial charge in [-0.1, -0.05) is 0 Å². The van der Waals surface area contributed by atoms with Crippen LogP contribution in [0.3, 0.4) is 0 Å². The Labute approximate surface area is 130 Å². The maximum absolute atomic E-state index is 11.7. The number of nitro benzene ring substituents is 1. The molecule has 1 aromatic heterocycles. The number of nitrogens with zero attached hydrogens (tertiary/aromatic N) is 1. The lowest BCUT2D eigenvalue weighted by molar-refractivity contribution is -0.385. The molecule has 0 spiro atoms. The fourth-order valence-corrected chi connectivity index (χ4v) is 3.07. The summed E-state index contributed by atoms with van der Waals surface area (Å²) < 4.78 is 16.3. The van der Waals surface area contributed by atoms with E-state index < -0.39 is 10.9 Å². The van der Waals surface area contributed by atoms with Gasteiger partial charge in [0, 0.05) is 11.5 Å². The van der Waals surface area contributed by atoms with Gasteiger partial charge in [-0.05, 0) is 19.9 Å². The highest BCUT2D eigenvalue weighted by Crippen LogP contribution is 2.46. The van der Waals surface area contributed by atoms with E-state index in [4.69, 9.17) is 9.47 Å².